The molecule has 32 heavy (non-hydrogen) atoms. The van der Waals surface area contributed by atoms with Gasteiger partial charge in [0.1, 0.15) is 0 Å². The van der Waals surface area contributed by atoms with Crippen molar-refractivity contribution in [3.63, 3.8) is 0 Å². The SMILES string of the molecule is CN1C(=O)N(Cc2ccccc2)C(=O)C2C1N=C(N1CCNCC1)N2Cc1ccccc1. The van der Waals surface area contributed by atoms with Crippen LogP contribution in [0.5, 0.6) is 0 Å². The van der Waals surface area contributed by atoms with E-state index in [0.29, 0.717) is 6.54 Å². The van der Waals surface area contributed by atoms with Gasteiger partial charge >= 0.3 is 6.03 Å². The zero-order valence-electron chi connectivity index (χ0n) is 18.2. The molecule has 3 amide bonds. The Morgan fingerprint density at radius 3 is 2.12 bits per heavy atom. The summed E-state index contributed by atoms with van der Waals surface area (Å²) in [7, 11) is 1.75. The third-order valence-electron chi connectivity index (χ3n) is 6.35. The second kappa shape index (κ2) is 8.63. The van der Waals surface area contributed by atoms with Gasteiger partial charge in [-0.15, -0.1) is 0 Å². The third-order valence-corrected chi connectivity index (χ3v) is 6.35. The summed E-state index contributed by atoms with van der Waals surface area (Å²) in [5.74, 6) is 0.617. The molecule has 0 bridgehead atoms. The lowest BCUT2D eigenvalue weighted by Crippen LogP contribution is -2.65. The van der Waals surface area contributed by atoms with Gasteiger partial charge in [-0.1, -0.05) is 60.7 Å². The number of hydrogen-bond donors (Lipinski definition) is 1. The average molecular weight is 433 g/mol. The minimum absolute atomic E-state index is 0.188. The van der Waals surface area contributed by atoms with Gasteiger partial charge in [0.15, 0.2) is 18.2 Å². The van der Waals surface area contributed by atoms with Crippen molar-refractivity contribution in [1.82, 2.24) is 24.9 Å². The molecule has 3 aliphatic heterocycles. The van der Waals surface area contributed by atoms with E-state index in [9.17, 15) is 9.59 Å². The van der Waals surface area contributed by atoms with Crippen molar-refractivity contribution < 1.29 is 9.59 Å². The van der Waals surface area contributed by atoms with Crippen molar-refractivity contribution in [2.45, 2.75) is 25.3 Å². The molecular formula is C24H28N6O2. The number of imide groups is 1. The van der Waals surface area contributed by atoms with Crippen LogP contribution in [0.3, 0.4) is 0 Å². The summed E-state index contributed by atoms with van der Waals surface area (Å²) in [6, 6.07) is 18.9. The van der Waals surface area contributed by atoms with Crippen molar-refractivity contribution >= 4 is 17.9 Å². The number of nitrogens with zero attached hydrogens (tertiary/aromatic N) is 5. The van der Waals surface area contributed by atoms with E-state index < -0.39 is 12.2 Å². The topological polar surface area (TPSA) is 71.5 Å². The largest absolute Gasteiger partial charge is 0.340 e. The number of benzene rings is 2. The van der Waals surface area contributed by atoms with E-state index in [0.717, 1.165) is 43.3 Å². The highest BCUT2D eigenvalue weighted by Crippen LogP contribution is 2.31. The standard InChI is InChI=1S/C24H28N6O2/c1-27-21-20(22(31)30(24(27)32)17-19-10-6-3-7-11-19)29(16-18-8-4-2-5-9-18)23(26-21)28-14-12-25-13-15-28/h2-11,20-21,25H,12-17H2,1H3. The van der Waals surface area contributed by atoms with Crippen molar-refractivity contribution in [2.24, 2.45) is 4.99 Å². The van der Waals surface area contributed by atoms with E-state index in [2.05, 4.69) is 27.2 Å². The second-order valence-corrected chi connectivity index (χ2v) is 8.44. The Hall–Kier alpha value is -3.39. The van der Waals surface area contributed by atoms with Gasteiger partial charge in [-0.2, -0.15) is 0 Å². The summed E-state index contributed by atoms with van der Waals surface area (Å²) in [4.78, 5) is 39.1. The minimum Gasteiger partial charge on any atom is -0.340 e. The van der Waals surface area contributed by atoms with Gasteiger partial charge < -0.3 is 20.0 Å². The number of piperazine rings is 1. The number of fused-ring (bicyclic) bond motifs is 1. The maximum atomic E-state index is 13.7. The fourth-order valence-corrected chi connectivity index (χ4v) is 4.65. The smallest absolute Gasteiger partial charge is 0.328 e. The number of carbonyl (C=O) groups excluding carboxylic acids is 2. The van der Waals surface area contributed by atoms with Crippen LogP contribution in [0.25, 0.3) is 0 Å². The Morgan fingerprint density at radius 1 is 0.906 bits per heavy atom. The van der Waals surface area contributed by atoms with Gasteiger partial charge in [-0.3, -0.25) is 9.69 Å². The summed E-state index contributed by atoms with van der Waals surface area (Å²) in [5, 5.41) is 3.37. The highest BCUT2D eigenvalue weighted by Gasteiger charge is 2.52. The second-order valence-electron chi connectivity index (χ2n) is 8.44. The number of aliphatic imine (C=N–C) groups is 1. The highest BCUT2D eigenvalue weighted by molar-refractivity contribution is 6.03. The van der Waals surface area contributed by atoms with Crippen LogP contribution in [0.4, 0.5) is 4.79 Å². The molecule has 2 saturated heterocycles. The van der Waals surface area contributed by atoms with Crippen LogP contribution in [0.2, 0.25) is 0 Å². The molecule has 0 saturated carbocycles. The van der Waals surface area contributed by atoms with Crippen LogP contribution in [0, 0.1) is 0 Å². The maximum absolute atomic E-state index is 13.7. The molecular weight excluding hydrogens is 404 g/mol. The van der Waals surface area contributed by atoms with Gasteiger partial charge in [0.05, 0.1) is 6.54 Å². The molecule has 2 aromatic carbocycles. The molecule has 3 heterocycles. The van der Waals surface area contributed by atoms with Gasteiger partial charge in [0, 0.05) is 39.8 Å². The Morgan fingerprint density at radius 2 is 1.50 bits per heavy atom. The molecule has 3 aliphatic rings. The Bertz CT molecular complexity index is 1010. The number of amides is 3. The molecule has 2 unspecified atom stereocenters. The Labute approximate surface area is 188 Å². The van der Waals surface area contributed by atoms with E-state index in [-0.39, 0.29) is 18.5 Å². The van der Waals surface area contributed by atoms with Crippen molar-refractivity contribution in [3.05, 3.63) is 71.8 Å². The van der Waals surface area contributed by atoms with Crippen LogP contribution in [-0.2, 0) is 17.9 Å². The molecule has 8 heteroatoms. The number of carbonyl (C=O) groups is 2. The number of likely N-dealkylation sites (N-methyl/N-ethyl adjacent to an activating group) is 1. The zero-order valence-corrected chi connectivity index (χ0v) is 18.2. The molecule has 2 fully saturated rings. The van der Waals surface area contributed by atoms with Gasteiger partial charge in [0.2, 0.25) is 0 Å². The first-order valence-corrected chi connectivity index (χ1v) is 11.1. The predicted molar refractivity (Wildman–Crippen MR) is 122 cm³/mol. The normalized spacial score (nSPS) is 23.5. The molecule has 5 rings (SSSR count). The summed E-state index contributed by atoms with van der Waals surface area (Å²) >= 11 is 0. The molecule has 0 spiro atoms. The first kappa shape index (κ1) is 20.5. The lowest BCUT2D eigenvalue weighted by Gasteiger charge is -2.42. The number of hydrogen-bond acceptors (Lipinski definition) is 6. The zero-order chi connectivity index (χ0) is 22.1. The summed E-state index contributed by atoms with van der Waals surface area (Å²) in [6.07, 6.45) is -0.518. The predicted octanol–water partition coefficient (Wildman–Crippen LogP) is 1.55. The lowest BCUT2D eigenvalue weighted by molar-refractivity contribution is -0.138. The van der Waals surface area contributed by atoms with Crippen LogP contribution in [0.1, 0.15) is 11.1 Å². The first-order chi connectivity index (χ1) is 15.6. The maximum Gasteiger partial charge on any atom is 0.328 e. The minimum atomic E-state index is -0.536. The van der Waals surface area contributed by atoms with E-state index in [4.69, 9.17) is 4.99 Å². The number of rotatable bonds is 4. The summed E-state index contributed by atoms with van der Waals surface area (Å²) in [6.45, 7) is 4.21. The molecule has 2 atom stereocenters. The number of nitrogens with one attached hydrogen (secondary N) is 1. The number of urea groups is 1. The van der Waals surface area contributed by atoms with Gasteiger partial charge in [-0.05, 0) is 11.1 Å². The van der Waals surface area contributed by atoms with E-state index in [1.165, 1.54) is 4.90 Å². The van der Waals surface area contributed by atoms with Crippen molar-refractivity contribution in [1.29, 1.82) is 0 Å². The average Bonchev–Trinajstić information content (AvgIpc) is 3.22. The molecule has 0 aliphatic carbocycles. The number of guanidine groups is 1. The summed E-state index contributed by atoms with van der Waals surface area (Å²) in [5.41, 5.74) is 2.04. The third kappa shape index (κ3) is 3.71. The fraction of sp³-hybridized carbons (Fsp3) is 0.375. The Balaban J connectivity index is 1.48. The molecule has 2 aromatic rings. The molecule has 166 valence electrons. The van der Waals surface area contributed by atoms with Crippen LogP contribution in [-0.4, -0.2) is 82.9 Å². The summed E-state index contributed by atoms with van der Waals surface area (Å²) < 4.78 is 0. The van der Waals surface area contributed by atoms with Crippen LogP contribution >= 0.6 is 0 Å². The van der Waals surface area contributed by atoms with E-state index in [1.807, 2.05) is 48.5 Å². The fourth-order valence-electron chi connectivity index (χ4n) is 4.65. The molecule has 1 N–H and O–H groups in total. The van der Waals surface area contributed by atoms with Crippen molar-refractivity contribution in [3.8, 4) is 0 Å². The molecule has 0 aromatic heterocycles. The van der Waals surface area contributed by atoms with Crippen LogP contribution < -0.4 is 5.32 Å². The molecule has 0 radical (unpaired) electrons. The molecule has 8 nitrogen and oxygen atoms in total. The van der Waals surface area contributed by atoms with E-state index >= 15 is 0 Å². The lowest BCUT2D eigenvalue weighted by atomic mass is 10.1. The highest BCUT2D eigenvalue weighted by atomic mass is 16.2. The van der Waals surface area contributed by atoms with E-state index in [1.54, 1.807) is 11.9 Å². The van der Waals surface area contributed by atoms with Gasteiger partial charge in [-0.25, -0.2) is 9.79 Å². The monoisotopic (exact) mass is 432 g/mol. The van der Waals surface area contributed by atoms with Crippen molar-refractivity contribution in [2.75, 3.05) is 33.2 Å². The van der Waals surface area contributed by atoms with Crippen LogP contribution in [0.15, 0.2) is 65.7 Å². The van der Waals surface area contributed by atoms with Gasteiger partial charge in [0.25, 0.3) is 5.91 Å². The Kier molecular flexibility index (Phi) is 5.53. The first-order valence-electron chi connectivity index (χ1n) is 11.1. The quantitative estimate of drug-likeness (QED) is 0.794.